The molecule has 2 atom stereocenters. The number of ether oxygens (including phenoxy) is 1. The zero-order valence-corrected chi connectivity index (χ0v) is 16.7. The van der Waals surface area contributed by atoms with E-state index in [1.807, 2.05) is 0 Å². The average Bonchev–Trinajstić information content (AvgIpc) is 2.73. The number of alkyl halides is 3. The van der Waals surface area contributed by atoms with Gasteiger partial charge in [-0.25, -0.2) is 4.79 Å². The third kappa shape index (κ3) is 5.99. The molecular weight excluding hydrogens is 413 g/mol. The topological polar surface area (TPSA) is 104 Å². The molecule has 1 unspecified atom stereocenters. The summed E-state index contributed by atoms with van der Waals surface area (Å²) >= 11 is 0. The number of halogens is 3. The van der Waals surface area contributed by atoms with Gasteiger partial charge in [0, 0.05) is 11.3 Å². The van der Waals surface area contributed by atoms with E-state index in [1.54, 1.807) is 41.7 Å². The molecule has 0 heterocycles. The van der Waals surface area contributed by atoms with Gasteiger partial charge in [-0.15, -0.1) is 0 Å². The first-order valence-electron chi connectivity index (χ1n) is 9.41. The van der Waals surface area contributed by atoms with Crippen molar-refractivity contribution in [2.75, 3.05) is 6.61 Å². The van der Waals surface area contributed by atoms with Crippen molar-refractivity contribution in [2.45, 2.75) is 37.5 Å². The lowest BCUT2D eigenvalue weighted by molar-refractivity contribution is -0.214. The Bertz CT molecular complexity index is 932. The van der Waals surface area contributed by atoms with Gasteiger partial charge in [0.15, 0.2) is 0 Å². The number of nitrogens with one attached hydrogen (secondary N) is 1. The molecule has 1 amide bonds. The molecule has 0 saturated heterocycles. The lowest BCUT2D eigenvalue weighted by Crippen LogP contribution is -2.67. The van der Waals surface area contributed by atoms with Crippen LogP contribution >= 0.6 is 0 Å². The first kappa shape index (κ1) is 23.8. The summed E-state index contributed by atoms with van der Waals surface area (Å²) in [6, 6.07) is 14.3. The Labute approximate surface area is 176 Å². The van der Waals surface area contributed by atoms with Gasteiger partial charge < -0.3 is 10.1 Å². The molecule has 10 heteroatoms. The summed E-state index contributed by atoms with van der Waals surface area (Å²) in [7, 11) is 0. The lowest BCUT2D eigenvalue weighted by Gasteiger charge is -2.35. The highest BCUT2D eigenvalue weighted by atomic mass is 19.4. The van der Waals surface area contributed by atoms with Gasteiger partial charge in [0.25, 0.3) is 0 Å². The number of hydrogen-bond donors (Lipinski definition) is 1. The highest BCUT2D eigenvalue weighted by molar-refractivity contribution is 5.91. The van der Waals surface area contributed by atoms with Gasteiger partial charge in [-0.1, -0.05) is 65.8 Å². The molecule has 0 bridgehead atoms. The highest BCUT2D eigenvalue weighted by Gasteiger charge is 2.62. The number of carbonyl (C=O) groups excluding carboxylic acids is 2. The predicted molar refractivity (Wildman–Crippen MR) is 107 cm³/mol. The van der Waals surface area contributed by atoms with E-state index in [-0.39, 0.29) is 18.6 Å². The molecule has 0 saturated carbocycles. The molecule has 0 aromatic heterocycles. The zero-order chi connectivity index (χ0) is 22.9. The Morgan fingerprint density at radius 1 is 1.06 bits per heavy atom. The van der Waals surface area contributed by atoms with E-state index in [2.05, 4.69) is 14.8 Å². The summed E-state index contributed by atoms with van der Waals surface area (Å²) in [5.41, 5.74) is 6.21. The molecule has 0 spiro atoms. The fourth-order valence-corrected chi connectivity index (χ4v) is 2.99. The van der Waals surface area contributed by atoms with Crippen LogP contribution in [0.2, 0.25) is 0 Å². The number of esters is 1. The normalized spacial score (nSPS) is 13.9. The van der Waals surface area contributed by atoms with Gasteiger partial charge in [-0.3, -0.25) is 4.79 Å². The number of nitrogens with zero attached hydrogens (tertiary/aromatic N) is 3. The van der Waals surface area contributed by atoms with Crippen LogP contribution < -0.4 is 5.32 Å². The molecule has 2 aromatic carbocycles. The van der Waals surface area contributed by atoms with Crippen molar-refractivity contribution in [3.63, 3.8) is 0 Å². The Morgan fingerprint density at radius 2 is 1.61 bits per heavy atom. The third-order valence-electron chi connectivity index (χ3n) is 4.52. The van der Waals surface area contributed by atoms with Crippen molar-refractivity contribution in [3.05, 3.63) is 82.2 Å². The number of amides is 1. The van der Waals surface area contributed by atoms with Crippen molar-refractivity contribution in [3.8, 4) is 0 Å². The van der Waals surface area contributed by atoms with Crippen LogP contribution in [0.4, 0.5) is 13.2 Å². The van der Waals surface area contributed by atoms with Crippen molar-refractivity contribution >= 4 is 11.9 Å². The summed E-state index contributed by atoms with van der Waals surface area (Å²) in [5.74, 6) is -2.87. The first-order valence-corrected chi connectivity index (χ1v) is 9.41. The van der Waals surface area contributed by atoms with Crippen LogP contribution in [0.15, 0.2) is 65.8 Å². The molecule has 164 valence electrons. The molecule has 0 aliphatic carbocycles. The van der Waals surface area contributed by atoms with E-state index in [9.17, 15) is 22.8 Å². The maximum absolute atomic E-state index is 14.3. The van der Waals surface area contributed by atoms with Crippen molar-refractivity contribution < 1.29 is 27.5 Å². The largest absolute Gasteiger partial charge is 0.464 e. The summed E-state index contributed by atoms with van der Waals surface area (Å²) in [6.45, 7) is 1.05. The van der Waals surface area contributed by atoms with Crippen LogP contribution in [0.1, 0.15) is 18.1 Å². The maximum atomic E-state index is 14.3. The van der Waals surface area contributed by atoms with E-state index >= 15 is 0 Å². The third-order valence-corrected chi connectivity index (χ3v) is 4.52. The number of carbonyl (C=O) groups is 2. The molecule has 0 radical (unpaired) electrons. The van der Waals surface area contributed by atoms with E-state index < -0.39 is 36.1 Å². The van der Waals surface area contributed by atoms with Crippen LogP contribution in [0.5, 0.6) is 0 Å². The van der Waals surface area contributed by atoms with E-state index in [4.69, 9.17) is 5.53 Å². The van der Waals surface area contributed by atoms with Gasteiger partial charge in [-0.2, -0.15) is 13.2 Å². The number of azide groups is 1. The summed E-state index contributed by atoms with van der Waals surface area (Å²) < 4.78 is 47.4. The van der Waals surface area contributed by atoms with Gasteiger partial charge in [0.05, 0.1) is 6.61 Å². The molecular formula is C21H21F3N4O3. The fourth-order valence-electron chi connectivity index (χ4n) is 2.99. The van der Waals surface area contributed by atoms with Crippen molar-refractivity contribution in [1.82, 2.24) is 5.32 Å². The van der Waals surface area contributed by atoms with Crippen LogP contribution in [0.25, 0.3) is 10.4 Å². The molecule has 0 fully saturated rings. The minimum atomic E-state index is -5.18. The number of benzene rings is 2. The van der Waals surface area contributed by atoms with E-state index in [1.165, 1.54) is 31.2 Å². The molecule has 0 aliphatic heterocycles. The summed E-state index contributed by atoms with van der Waals surface area (Å²) in [6.07, 6.45) is -6.20. The molecule has 2 aromatic rings. The lowest BCUT2D eigenvalue weighted by atomic mass is 9.89. The van der Waals surface area contributed by atoms with E-state index in [0.29, 0.717) is 5.56 Å². The average molecular weight is 434 g/mol. The first-order chi connectivity index (χ1) is 14.7. The Hall–Kier alpha value is -3.52. The minimum Gasteiger partial charge on any atom is -0.464 e. The number of hydrogen-bond acceptors (Lipinski definition) is 4. The van der Waals surface area contributed by atoms with Gasteiger partial charge in [-0.05, 0) is 30.0 Å². The second kappa shape index (κ2) is 10.5. The monoisotopic (exact) mass is 434 g/mol. The van der Waals surface area contributed by atoms with Gasteiger partial charge >= 0.3 is 12.1 Å². The zero-order valence-electron chi connectivity index (χ0n) is 16.7. The smallest absolute Gasteiger partial charge is 0.422 e. The quantitative estimate of drug-likeness (QED) is 0.278. The number of rotatable bonds is 9. The minimum absolute atomic E-state index is 0.140. The van der Waals surface area contributed by atoms with Crippen LogP contribution in [0, 0.1) is 0 Å². The van der Waals surface area contributed by atoms with Gasteiger partial charge in [0.2, 0.25) is 11.4 Å². The molecule has 2 rings (SSSR count). The Balaban J connectivity index is 2.44. The molecule has 7 nitrogen and oxygen atoms in total. The van der Waals surface area contributed by atoms with Crippen LogP contribution in [0.3, 0.4) is 0 Å². The molecule has 1 N–H and O–H groups in total. The van der Waals surface area contributed by atoms with Crippen molar-refractivity contribution in [2.24, 2.45) is 5.11 Å². The Kier molecular flexibility index (Phi) is 8.04. The standard InChI is InChI=1S/C21H21F3N4O3/c1-2-31-19(30)20(21(22,23)24,14-16-11-7-4-8-12-16)26-18(29)17(27-28-25)13-15-9-5-3-6-10-15/h3-12,17H,2,13-14H2,1H3,(H,26,29)/t17-,20?/m0/s1. The summed E-state index contributed by atoms with van der Waals surface area (Å²) in [5, 5.41) is 5.15. The van der Waals surface area contributed by atoms with E-state index in [0.717, 1.165) is 0 Å². The maximum Gasteiger partial charge on any atom is 0.422 e. The second-order valence-corrected chi connectivity index (χ2v) is 6.69. The van der Waals surface area contributed by atoms with Gasteiger partial charge in [0.1, 0.15) is 6.04 Å². The summed E-state index contributed by atoms with van der Waals surface area (Å²) in [4.78, 5) is 27.9. The SMILES string of the molecule is CCOC(=O)C(Cc1ccccc1)(NC(=O)[C@H](Cc1ccccc1)N=[N+]=[N-])C(F)(F)F. The van der Waals surface area contributed by atoms with Crippen molar-refractivity contribution in [1.29, 1.82) is 0 Å². The molecule has 0 aliphatic rings. The predicted octanol–water partition coefficient (Wildman–Crippen LogP) is 4.13. The van der Waals surface area contributed by atoms with Crippen LogP contribution in [-0.4, -0.2) is 36.2 Å². The fraction of sp³-hybridized carbons (Fsp3) is 0.333. The Morgan fingerprint density at radius 3 is 2.10 bits per heavy atom. The second-order valence-electron chi connectivity index (χ2n) is 6.69. The highest BCUT2D eigenvalue weighted by Crippen LogP contribution is 2.35. The van der Waals surface area contributed by atoms with Crippen LogP contribution in [-0.2, 0) is 27.2 Å². The molecule has 31 heavy (non-hydrogen) atoms.